The molecule has 1 unspecified atom stereocenters. The highest BCUT2D eigenvalue weighted by Crippen LogP contribution is 2.35. The van der Waals surface area contributed by atoms with Crippen LogP contribution in [0.15, 0.2) is 18.2 Å². The molecule has 2 aromatic rings. The lowest BCUT2D eigenvalue weighted by Crippen LogP contribution is -2.36. The third-order valence-corrected chi connectivity index (χ3v) is 3.67. The topological polar surface area (TPSA) is 84.1 Å². The number of halogens is 4. The predicted octanol–water partition coefficient (Wildman–Crippen LogP) is 2.24. The minimum atomic E-state index is -4.65. The molecule has 24 heavy (non-hydrogen) atoms. The van der Waals surface area contributed by atoms with Gasteiger partial charge in [-0.3, -0.25) is 9.69 Å². The van der Waals surface area contributed by atoms with Gasteiger partial charge in [0.25, 0.3) is 0 Å². The zero-order chi connectivity index (χ0) is 18.1. The van der Waals surface area contributed by atoms with Crippen molar-refractivity contribution in [1.29, 1.82) is 0 Å². The van der Waals surface area contributed by atoms with Gasteiger partial charge in [0.2, 0.25) is 0 Å². The molecule has 1 heterocycles. The van der Waals surface area contributed by atoms with Crippen LogP contribution in [-0.2, 0) is 17.5 Å². The maximum Gasteiger partial charge on any atom is 0.418 e. The van der Waals surface area contributed by atoms with E-state index in [1.807, 2.05) is 0 Å². The molecule has 0 spiro atoms. The van der Waals surface area contributed by atoms with E-state index in [1.165, 1.54) is 24.9 Å². The Morgan fingerprint density at radius 1 is 1.46 bits per heavy atom. The number of aromatic nitrogens is 4. The zero-order valence-electron chi connectivity index (χ0n) is 12.6. The Bertz CT molecular complexity index is 749. The van der Waals surface area contributed by atoms with Crippen molar-refractivity contribution in [3.8, 4) is 5.69 Å². The largest absolute Gasteiger partial charge is 0.480 e. The van der Waals surface area contributed by atoms with Gasteiger partial charge in [0.05, 0.1) is 17.8 Å². The zero-order valence-corrected chi connectivity index (χ0v) is 13.4. The third kappa shape index (κ3) is 3.82. The van der Waals surface area contributed by atoms with Gasteiger partial charge in [-0.15, -0.1) is 5.10 Å². The Hall–Kier alpha value is -2.20. The molecule has 0 aliphatic rings. The summed E-state index contributed by atoms with van der Waals surface area (Å²) < 4.78 is 40.6. The van der Waals surface area contributed by atoms with E-state index in [-0.39, 0.29) is 23.1 Å². The number of tetrazole rings is 1. The second kappa shape index (κ2) is 6.73. The molecule has 0 bridgehead atoms. The van der Waals surface area contributed by atoms with Gasteiger partial charge in [-0.05, 0) is 42.6 Å². The van der Waals surface area contributed by atoms with Gasteiger partial charge in [0.15, 0.2) is 5.82 Å². The molecule has 0 aliphatic carbocycles. The molecule has 0 saturated heterocycles. The number of carboxylic acid groups (broad SMARTS) is 1. The number of aliphatic carboxylic acids is 1. The molecule has 1 atom stereocenters. The first kappa shape index (κ1) is 18.1. The van der Waals surface area contributed by atoms with Crippen LogP contribution in [0, 0.1) is 0 Å². The first-order chi connectivity index (χ1) is 11.1. The maximum atomic E-state index is 13.2. The monoisotopic (exact) mass is 363 g/mol. The highest BCUT2D eigenvalue weighted by atomic mass is 35.5. The molecule has 1 N–H and O–H groups in total. The summed E-state index contributed by atoms with van der Waals surface area (Å²) in [4.78, 5) is 12.4. The van der Waals surface area contributed by atoms with Crippen LogP contribution >= 0.6 is 11.6 Å². The average molecular weight is 364 g/mol. The molecule has 130 valence electrons. The maximum absolute atomic E-state index is 13.2. The van der Waals surface area contributed by atoms with Crippen molar-refractivity contribution in [2.45, 2.75) is 25.7 Å². The van der Waals surface area contributed by atoms with Crippen molar-refractivity contribution in [1.82, 2.24) is 25.1 Å². The quantitative estimate of drug-likeness (QED) is 0.877. The Balaban J connectivity index is 2.43. The van der Waals surface area contributed by atoms with E-state index < -0.39 is 23.8 Å². The van der Waals surface area contributed by atoms with E-state index in [4.69, 9.17) is 16.7 Å². The van der Waals surface area contributed by atoms with Gasteiger partial charge < -0.3 is 5.11 Å². The van der Waals surface area contributed by atoms with E-state index in [9.17, 15) is 18.0 Å². The summed E-state index contributed by atoms with van der Waals surface area (Å²) in [5.41, 5.74) is -1.28. The van der Waals surface area contributed by atoms with Crippen LogP contribution < -0.4 is 0 Å². The molecular weight excluding hydrogens is 351 g/mol. The number of hydrogen-bond acceptors (Lipinski definition) is 5. The molecule has 0 radical (unpaired) electrons. The summed E-state index contributed by atoms with van der Waals surface area (Å²) >= 11 is 5.65. The fourth-order valence-corrected chi connectivity index (χ4v) is 2.13. The Kier molecular flexibility index (Phi) is 5.09. The molecule has 2 rings (SSSR count). The van der Waals surface area contributed by atoms with Crippen LogP contribution in [0.5, 0.6) is 0 Å². The van der Waals surface area contributed by atoms with Crippen molar-refractivity contribution in [3.63, 3.8) is 0 Å². The number of carbonyl (C=O) groups is 1. The molecule has 1 aromatic heterocycles. The Labute approximate surface area is 139 Å². The van der Waals surface area contributed by atoms with Crippen LogP contribution in [0.2, 0.25) is 5.02 Å². The van der Waals surface area contributed by atoms with Crippen LogP contribution in [0.3, 0.4) is 0 Å². The molecule has 7 nitrogen and oxygen atoms in total. The van der Waals surface area contributed by atoms with Gasteiger partial charge in [-0.1, -0.05) is 11.6 Å². The van der Waals surface area contributed by atoms with E-state index in [0.717, 1.165) is 16.8 Å². The van der Waals surface area contributed by atoms with E-state index >= 15 is 0 Å². The van der Waals surface area contributed by atoms with Crippen LogP contribution in [0.25, 0.3) is 5.69 Å². The SMILES string of the molecule is CC(C(=O)O)N(C)Cc1nnnn1-c1ccc(Cl)cc1C(F)(F)F. The molecule has 11 heteroatoms. The Morgan fingerprint density at radius 3 is 2.71 bits per heavy atom. The molecule has 0 amide bonds. The van der Waals surface area contributed by atoms with Crippen LogP contribution in [-0.4, -0.2) is 49.3 Å². The van der Waals surface area contributed by atoms with Gasteiger partial charge >= 0.3 is 12.1 Å². The van der Waals surface area contributed by atoms with Crippen LogP contribution in [0.4, 0.5) is 13.2 Å². The summed E-state index contributed by atoms with van der Waals surface area (Å²) in [5, 5.41) is 19.6. The minimum absolute atomic E-state index is 0.0552. The second-order valence-corrected chi connectivity index (χ2v) is 5.53. The smallest absolute Gasteiger partial charge is 0.418 e. The van der Waals surface area contributed by atoms with Crippen molar-refractivity contribution in [2.75, 3.05) is 7.05 Å². The minimum Gasteiger partial charge on any atom is -0.480 e. The number of carboxylic acids is 1. The molecule has 0 aliphatic heterocycles. The summed E-state index contributed by atoms with van der Waals surface area (Å²) in [6.07, 6.45) is -4.65. The average Bonchev–Trinajstić information content (AvgIpc) is 2.93. The summed E-state index contributed by atoms with van der Waals surface area (Å²) in [7, 11) is 1.50. The van der Waals surface area contributed by atoms with Crippen molar-refractivity contribution in [3.05, 3.63) is 34.6 Å². The number of rotatable bonds is 5. The fourth-order valence-electron chi connectivity index (χ4n) is 1.96. The van der Waals surface area contributed by atoms with Gasteiger partial charge in [-0.2, -0.15) is 17.9 Å². The molecular formula is C13H13ClF3N5O2. The first-order valence-corrected chi connectivity index (χ1v) is 7.06. The molecule has 0 saturated carbocycles. The third-order valence-electron chi connectivity index (χ3n) is 3.44. The lowest BCUT2D eigenvalue weighted by molar-refractivity contribution is -0.142. The van der Waals surface area contributed by atoms with E-state index in [1.54, 1.807) is 0 Å². The molecule has 1 aromatic carbocycles. The number of nitrogens with zero attached hydrogens (tertiary/aromatic N) is 5. The number of alkyl halides is 3. The predicted molar refractivity (Wildman–Crippen MR) is 77.7 cm³/mol. The van der Waals surface area contributed by atoms with Crippen molar-refractivity contribution in [2.24, 2.45) is 0 Å². The van der Waals surface area contributed by atoms with Crippen molar-refractivity contribution >= 4 is 17.6 Å². The van der Waals surface area contributed by atoms with Crippen LogP contribution in [0.1, 0.15) is 18.3 Å². The fraction of sp³-hybridized carbons (Fsp3) is 0.385. The first-order valence-electron chi connectivity index (χ1n) is 6.68. The normalized spacial score (nSPS) is 13.3. The summed E-state index contributed by atoms with van der Waals surface area (Å²) in [5.74, 6) is -1.00. The summed E-state index contributed by atoms with van der Waals surface area (Å²) in [6, 6.07) is 2.38. The van der Waals surface area contributed by atoms with Gasteiger partial charge in [0.1, 0.15) is 6.04 Å². The Morgan fingerprint density at radius 2 is 2.12 bits per heavy atom. The highest BCUT2D eigenvalue weighted by molar-refractivity contribution is 6.30. The standard InChI is InChI=1S/C13H13ClF3N5O2/c1-7(12(23)24)21(2)6-11-18-19-20-22(11)10-4-3-8(14)5-9(10)13(15,16)17/h3-5,7H,6H2,1-2H3,(H,23,24). The van der Waals surface area contributed by atoms with E-state index in [0.29, 0.717) is 0 Å². The van der Waals surface area contributed by atoms with E-state index in [2.05, 4.69) is 15.5 Å². The van der Waals surface area contributed by atoms with Crippen molar-refractivity contribution < 1.29 is 23.1 Å². The number of likely N-dealkylation sites (N-methyl/N-ethyl adjacent to an activating group) is 1. The lowest BCUT2D eigenvalue weighted by Gasteiger charge is -2.20. The highest BCUT2D eigenvalue weighted by Gasteiger charge is 2.35. The number of benzene rings is 1. The van der Waals surface area contributed by atoms with Gasteiger partial charge in [-0.25, -0.2) is 0 Å². The lowest BCUT2D eigenvalue weighted by atomic mass is 10.1. The molecule has 0 fully saturated rings. The van der Waals surface area contributed by atoms with Gasteiger partial charge in [0, 0.05) is 5.02 Å². The number of hydrogen-bond donors (Lipinski definition) is 1. The second-order valence-electron chi connectivity index (χ2n) is 5.10. The summed E-state index contributed by atoms with van der Waals surface area (Å²) in [6.45, 7) is 1.39.